The van der Waals surface area contributed by atoms with Gasteiger partial charge in [0.2, 0.25) is 0 Å². The van der Waals surface area contributed by atoms with Crippen LogP contribution in [0.15, 0.2) is 18.2 Å². The van der Waals surface area contributed by atoms with Gasteiger partial charge in [0.1, 0.15) is 0 Å². The molecule has 1 N–H and O–H groups in total. The molecular formula is C14H21ClN2. The van der Waals surface area contributed by atoms with Crippen LogP contribution in [0.1, 0.15) is 32.6 Å². The highest BCUT2D eigenvalue weighted by Gasteiger charge is 2.13. The van der Waals surface area contributed by atoms with E-state index in [1.54, 1.807) is 0 Å². The lowest BCUT2D eigenvalue weighted by Gasteiger charge is -2.25. The molecule has 1 aliphatic rings. The Kier molecular flexibility index (Phi) is 4.55. The van der Waals surface area contributed by atoms with Gasteiger partial charge in [-0.25, -0.2) is 0 Å². The van der Waals surface area contributed by atoms with Crippen molar-refractivity contribution >= 4 is 23.0 Å². The zero-order chi connectivity index (χ0) is 12.1. The number of nitrogens with one attached hydrogen (secondary N) is 1. The van der Waals surface area contributed by atoms with E-state index < -0.39 is 0 Å². The zero-order valence-electron chi connectivity index (χ0n) is 10.5. The molecule has 0 spiro atoms. The second kappa shape index (κ2) is 6.15. The van der Waals surface area contributed by atoms with E-state index in [-0.39, 0.29) is 0 Å². The first-order valence-electron chi connectivity index (χ1n) is 6.59. The first-order valence-corrected chi connectivity index (χ1v) is 6.97. The van der Waals surface area contributed by atoms with Crippen LogP contribution < -0.4 is 10.2 Å². The molecule has 2 rings (SSSR count). The van der Waals surface area contributed by atoms with E-state index in [2.05, 4.69) is 23.2 Å². The molecule has 0 unspecified atom stereocenters. The molecule has 94 valence electrons. The lowest BCUT2D eigenvalue weighted by molar-refractivity contribution is 0.726. The maximum Gasteiger partial charge on any atom is 0.0603 e. The van der Waals surface area contributed by atoms with Crippen molar-refractivity contribution in [2.75, 3.05) is 29.9 Å². The molecule has 1 aromatic carbocycles. The van der Waals surface area contributed by atoms with Crippen LogP contribution >= 0.6 is 11.6 Å². The van der Waals surface area contributed by atoms with Gasteiger partial charge in [0.05, 0.1) is 11.4 Å². The smallest absolute Gasteiger partial charge is 0.0603 e. The minimum atomic E-state index is 0.805. The van der Waals surface area contributed by atoms with Crippen LogP contribution in [0.3, 0.4) is 0 Å². The van der Waals surface area contributed by atoms with E-state index in [4.69, 9.17) is 11.6 Å². The Balaban J connectivity index is 2.22. The topological polar surface area (TPSA) is 15.3 Å². The number of benzene rings is 1. The number of hydrogen-bond acceptors (Lipinski definition) is 2. The first-order chi connectivity index (χ1) is 8.31. The lowest BCUT2D eigenvalue weighted by Crippen LogP contribution is -2.24. The summed E-state index contributed by atoms with van der Waals surface area (Å²) < 4.78 is 0. The quantitative estimate of drug-likeness (QED) is 0.869. The van der Waals surface area contributed by atoms with Crippen molar-refractivity contribution in [2.24, 2.45) is 0 Å². The third-order valence-electron chi connectivity index (χ3n) is 3.27. The molecule has 0 aromatic heterocycles. The molecule has 0 atom stereocenters. The minimum absolute atomic E-state index is 0.805. The van der Waals surface area contributed by atoms with Gasteiger partial charge in [0, 0.05) is 24.7 Å². The van der Waals surface area contributed by atoms with Gasteiger partial charge in [-0.15, -0.1) is 0 Å². The van der Waals surface area contributed by atoms with Gasteiger partial charge in [-0.1, -0.05) is 24.4 Å². The Hall–Kier alpha value is -0.890. The number of nitrogens with zero attached hydrogens (tertiary/aromatic N) is 1. The van der Waals surface area contributed by atoms with Gasteiger partial charge in [-0.3, -0.25) is 0 Å². The van der Waals surface area contributed by atoms with Crippen LogP contribution in [0.4, 0.5) is 11.4 Å². The molecule has 3 heteroatoms. The molecule has 2 nitrogen and oxygen atoms in total. The Morgan fingerprint density at radius 3 is 2.53 bits per heavy atom. The third-order valence-corrected chi connectivity index (χ3v) is 3.51. The van der Waals surface area contributed by atoms with E-state index >= 15 is 0 Å². The molecule has 0 bridgehead atoms. The first kappa shape index (κ1) is 12.6. The van der Waals surface area contributed by atoms with Crippen molar-refractivity contribution in [3.8, 4) is 0 Å². The average Bonchev–Trinajstić information content (AvgIpc) is 2.58. The summed E-state index contributed by atoms with van der Waals surface area (Å²) in [5.74, 6) is 0. The summed E-state index contributed by atoms with van der Waals surface area (Å²) in [5.41, 5.74) is 2.47. The molecule has 0 saturated carbocycles. The lowest BCUT2D eigenvalue weighted by atomic mass is 10.2. The second-order valence-corrected chi connectivity index (χ2v) is 5.03. The normalized spacial score (nSPS) is 16.7. The van der Waals surface area contributed by atoms with E-state index in [9.17, 15) is 0 Å². The molecule has 1 saturated heterocycles. The number of hydrogen-bond donors (Lipinski definition) is 1. The van der Waals surface area contributed by atoms with E-state index in [0.717, 1.165) is 11.6 Å². The standard InChI is InChI=1S/C14H21ClN2/c1-2-16-13-11-12(15)7-8-14(13)17-9-5-3-4-6-10-17/h7-8,11,16H,2-6,9-10H2,1H3. The van der Waals surface area contributed by atoms with Crippen LogP contribution in [0.5, 0.6) is 0 Å². The third kappa shape index (κ3) is 3.29. The fourth-order valence-electron chi connectivity index (χ4n) is 2.43. The summed E-state index contributed by atoms with van der Waals surface area (Å²) in [7, 11) is 0. The van der Waals surface area contributed by atoms with Crippen molar-refractivity contribution in [3.63, 3.8) is 0 Å². The Bertz CT molecular complexity index is 357. The summed E-state index contributed by atoms with van der Waals surface area (Å²) in [6.45, 7) is 5.38. The summed E-state index contributed by atoms with van der Waals surface area (Å²) in [5, 5.41) is 4.21. The molecule has 1 aromatic rings. The van der Waals surface area contributed by atoms with E-state index in [1.165, 1.54) is 50.1 Å². The van der Waals surface area contributed by atoms with Gasteiger partial charge in [0.15, 0.2) is 0 Å². The van der Waals surface area contributed by atoms with Crippen molar-refractivity contribution in [3.05, 3.63) is 23.2 Å². The van der Waals surface area contributed by atoms with Crippen LogP contribution in [-0.2, 0) is 0 Å². The predicted octanol–water partition coefficient (Wildman–Crippen LogP) is 4.15. The van der Waals surface area contributed by atoms with Crippen LogP contribution in [0.25, 0.3) is 0 Å². The van der Waals surface area contributed by atoms with Crippen molar-refractivity contribution in [2.45, 2.75) is 32.6 Å². The molecule has 0 radical (unpaired) electrons. The number of halogens is 1. The maximum absolute atomic E-state index is 6.07. The van der Waals surface area contributed by atoms with Gasteiger partial charge in [-0.2, -0.15) is 0 Å². The minimum Gasteiger partial charge on any atom is -0.384 e. The van der Waals surface area contributed by atoms with Crippen molar-refractivity contribution in [1.82, 2.24) is 0 Å². The van der Waals surface area contributed by atoms with Gasteiger partial charge < -0.3 is 10.2 Å². The van der Waals surface area contributed by atoms with Crippen LogP contribution in [0, 0.1) is 0 Å². The zero-order valence-corrected chi connectivity index (χ0v) is 11.3. The van der Waals surface area contributed by atoms with E-state index in [1.807, 2.05) is 12.1 Å². The fraction of sp³-hybridized carbons (Fsp3) is 0.571. The predicted molar refractivity (Wildman–Crippen MR) is 76.3 cm³/mol. The Morgan fingerprint density at radius 1 is 1.18 bits per heavy atom. The summed E-state index contributed by atoms with van der Waals surface area (Å²) >= 11 is 6.07. The number of rotatable bonds is 3. The number of anilines is 2. The molecule has 0 amide bonds. The molecule has 1 aliphatic heterocycles. The molecule has 1 heterocycles. The molecular weight excluding hydrogens is 232 g/mol. The molecule has 0 aliphatic carbocycles. The van der Waals surface area contributed by atoms with Gasteiger partial charge in [0.25, 0.3) is 0 Å². The molecule has 1 fully saturated rings. The Labute approximate surface area is 109 Å². The van der Waals surface area contributed by atoms with E-state index in [0.29, 0.717) is 0 Å². The van der Waals surface area contributed by atoms with Gasteiger partial charge >= 0.3 is 0 Å². The van der Waals surface area contributed by atoms with Crippen LogP contribution in [-0.4, -0.2) is 19.6 Å². The second-order valence-electron chi connectivity index (χ2n) is 4.59. The average molecular weight is 253 g/mol. The highest BCUT2D eigenvalue weighted by atomic mass is 35.5. The summed E-state index contributed by atoms with van der Waals surface area (Å²) in [4.78, 5) is 2.49. The van der Waals surface area contributed by atoms with Crippen molar-refractivity contribution < 1.29 is 0 Å². The highest BCUT2D eigenvalue weighted by Crippen LogP contribution is 2.30. The SMILES string of the molecule is CCNc1cc(Cl)ccc1N1CCCCCC1. The summed E-state index contributed by atoms with van der Waals surface area (Å²) in [6.07, 6.45) is 5.32. The highest BCUT2D eigenvalue weighted by molar-refractivity contribution is 6.31. The van der Waals surface area contributed by atoms with Crippen LogP contribution in [0.2, 0.25) is 5.02 Å². The van der Waals surface area contributed by atoms with Crippen molar-refractivity contribution in [1.29, 1.82) is 0 Å². The Morgan fingerprint density at radius 2 is 1.88 bits per heavy atom. The van der Waals surface area contributed by atoms with Gasteiger partial charge in [-0.05, 0) is 38.0 Å². The molecule has 17 heavy (non-hydrogen) atoms. The summed E-state index contributed by atoms with van der Waals surface area (Å²) in [6, 6.07) is 6.17. The maximum atomic E-state index is 6.07. The largest absolute Gasteiger partial charge is 0.384 e. The monoisotopic (exact) mass is 252 g/mol. The fourth-order valence-corrected chi connectivity index (χ4v) is 2.60.